The zero-order valence-electron chi connectivity index (χ0n) is 9.63. The molecule has 2 unspecified atom stereocenters. The third-order valence-corrected chi connectivity index (χ3v) is 4.31. The molecule has 2 heteroatoms. The molecule has 2 nitrogen and oxygen atoms in total. The van der Waals surface area contributed by atoms with Gasteiger partial charge in [-0.25, -0.2) is 0 Å². The van der Waals surface area contributed by atoms with Crippen LogP contribution >= 0.6 is 0 Å². The van der Waals surface area contributed by atoms with Gasteiger partial charge in [0, 0.05) is 6.04 Å². The van der Waals surface area contributed by atoms with Gasteiger partial charge in [0.1, 0.15) is 0 Å². The highest BCUT2D eigenvalue weighted by molar-refractivity contribution is 4.86. The maximum Gasteiger partial charge on any atom is 0.0121 e. The summed E-state index contributed by atoms with van der Waals surface area (Å²) in [5, 5.41) is 3.46. The summed E-state index contributed by atoms with van der Waals surface area (Å²) in [6, 6.07) is 0.873. The molecule has 0 amide bonds. The van der Waals surface area contributed by atoms with E-state index in [9.17, 15) is 0 Å². The summed E-state index contributed by atoms with van der Waals surface area (Å²) in [6.45, 7) is 6.28. The van der Waals surface area contributed by atoms with Crippen LogP contribution in [0.1, 0.15) is 32.6 Å². The molecule has 0 saturated carbocycles. The van der Waals surface area contributed by atoms with E-state index in [1.165, 1.54) is 45.3 Å². The summed E-state index contributed by atoms with van der Waals surface area (Å²) >= 11 is 0. The Morgan fingerprint density at radius 1 is 1.21 bits per heavy atom. The molecule has 0 aromatic heterocycles. The molecule has 2 heterocycles. The lowest BCUT2D eigenvalue weighted by Crippen LogP contribution is -2.39. The van der Waals surface area contributed by atoms with Crippen molar-refractivity contribution in [3.05, 3.63) is 0 Å². The van der Waals surface area contributed by atoms with E-state index in [1.54, 1.807) is 0 Å². The SMILES string of the molecule is CC(C1CCNCC1)C1CCCN1C. The number of nitrogens with one attached hydrogen (secondary N) is 1. The summed E-state index contributed by atoms with van der Waals surface area (Å²) in [6.07, 6.45) is 5.63. The van der Waals surface area contributed by atoms with Crippen LogP contribution in [0.15, 0.2) is 0 Å². The maximum atomic E-state index is 3.46. The van der Waals surface area contributed by atoms with E-state index in [1.807, 2.05) is 0 Å². The van der Waals surface area contributed by atoms with E-state index in [0.717, 1.165) is 17.9 Å². The molecule has 0 aromatic carbocycles. The highest BCUT2D eigenvalue weighted by Gasteiger charge is 2.31. The number of piperidine rings is 1. The first-order valence-corrected chi connectivity index (χ1v) is 6.20. The van der Waals surface area contributed by atoms with E-state index >= 15 is 0 Å². The van der Waals surface area contributed by atoms with E-state index in [0.29, 0.717) is 0 Å². The van der Waals surface area contributed by atoms with Crippen LogP contribution < -0.4 is 5.32 Å². The summed E-state index contributed by atoms with van der Waals surface area (Å²) < 4.78 is 0. The second kappa shape index (κ2) is 4.63. The summed E-state index contributed by atoms with van der Waals surface area (Å²) in [5.41, 5.74) is 0. The normalized spacial score (nSPS) is 33.4. The Bertz CT molecular complexity index is 175. The smallest absolute Gasteiger partial charge is 0.0121 e. The van der Waals surface area contributed by atoms with Crippen molar-refractivity contribution in [1.82, 2.24) is 10.2 Å². The van der Waals surface area contributed by atoms with Crippen LogP contribution in [-0.2, 0) is 0 Å². The standard InChI is InChI=1S/C12H24N2/c1-10(11-5-7-13-8-6-11)12-4-3-9-14(12)2/h10-13H,3-9H2,1-2H3. The van der Waals surface area contributed by atoms with Gasteiger partial charge in [0.15, 0.2) is 0 Å². The number of nitrogens with zero attached hydrogens (tertiary/aromatic N) is 1. The molecule has 2 rings (SSSR count). The summed E-state index contributed by atoms with van der Waals surface area (Å²) in [5.74, 6) is 1.88. The van der Waals surface area contributed by atoms with Gasteiger partial charge >= 0.3 is 0 Å². The molecular weight excluding hydrogens is 172 g/mol. The van der Waals surface area contributed by atoms with Crippen molar-refractivity contribution in [3.8, 4) is 0 Å². The van der Waals surface area contributed by atoms with Crippen molar-refractivity contribution in [3.63, 3.8) is 0 Å². The fourth-order valence-electron chi connectivity index (χ4n) is 3.28. The quantitative estimate of drug-likeness (QED) is 0.723. The molecule has 14 heavy (non-hydrogen) atoms. The lowest BCUT2D eigenvalue weighted by Gasteiger charge is -2.35. The Morgan fingerprint density at radius 3 is 2.50 bits per heavy atom. The van der Waals surface area contributed by atoms with Gasteiger partial charge in [-0.3, -0.25) is 0 Å². The highest BCUT2D eigenvalue weighted by Crippen LogP contribution is 2.31. The Hall–Kier alpha value is -0.0800. The Labute approximate surface area is 88.1 Å². The maximum absolute atomic E-state index is 3.46. The van der Waals surface area contributed by atoms with Crippen molar-refractivity contribution in [1.29, 1.82) is 0 Å². The molecule has 0 bridgehead atoms. The molecule has 2 aliphatic rings. The molecule has 0 aliphatic carbocycles. The van der Waals surface area contributed by atoms with Crippen LogP contribution in [0.2, 0.25) is 0 Å². The van der Waals surface area contributed by atoms with Crippen molar-refractivity contribution < 1.29 is 0 Å². The fraction of sp³-hybridized carbons (Fsp3) is 1.00. The van der Waals surface area contributed by atoms with E-state index in [2.05, 4.69) is 24.2 Å². The van der Waals surface area contributed by atoms with E-state index < -0.39 is 0 Å². The Balaban J connectivity index is 1.89. The van der Waals surface area contributed by atoms with Crippen LogP contribution in [-0.4, -0.2) is 37.6 Å². The van der Waals surface area contributed by atoms with Crippen molar-refractivity contribution in [2.45, 2.75) is 38.6 Å². The van der Waals surface area contributed by atoms with Crippen LogP contribution in [0.25, 0.3) is 0 Å². The number of rotatable bonds is 2. The van der Waals surface area contributed by atoms with Crippen LogP contribution in [0.5, 0.6) is 0 Å². The van der Waals surface area contributed by atoms with Crippen LogP contribution in [0.3, 0.4) is 0 Å². The zero-order chi connectivity index (χ0) is 9.97. The largest absolute Gasteiger partial charge is 0.317 e. The minimum atomic E-state index is 0.873. The van der Waals surface area contributed by atoms with Gasteiger partial charge in [0.25, 0.3) is 0 Å². The molecule has 2 fully saturated rings. The summed E-state index contributed by atoms with van der Waals surface area (Å²) in [4.78, 5) is 2.58. The first-order valence-electron chi connectivity index (χ1n) is 6.20. The number of hydrogen-bond acceptors (Lipinski definition) is 2. The van der Waals surface area contributed by atoms with Crippen LogP contribution in [0.4, 0.5) is 0 Å². The van der Waals surface area contributed by atoms with E-state index in [4.69, 9.17) is 0 Å². The van der Waals surface area contributed by atoms with Gasteiger partial charge in [-0.2, -0.15) is 0 Å². The first-order chi connectivity index (χ1) is 6.79. The Kier molecular flexibility index (Phi) is 3.45. The van der Waals surface area contributed by atoms with Crippen molar-refractivity contribution in [2.24, 2.45) is 11.8 Å². The molecular formula is C12H24N2. The van der Waals surface area contributed by atoms with Gasteiger partial charge in [-0.1, -0.05) is 6.92 Å². The molecule has 1 N–H and O–H groups in total. The van der Waals surface area contributed by atoms with Gasteiger partial charge in [-0.05, 0) is 64.2 Å². The molecule has 0 aromatic rings. The highest BCUT2D eigenvalue weighted by atomic mass is 15.1. The minimum Gasteiger partial charge on any atom is -0.317 e. The molecule has 0 radical (unpaired) electrons. The topological polar surface area (TPSA) is 15.3 Å². The Morgan fingerprint density at radius 2 is 1.93 bits per heavy atom. The van der Waals surface area contributed by atoms with Gasteiger partial charge in [-0.15, -0.1) is 0 Å². The predicted molar refractivity (Wildman–Crippen MR) is 60.4 cm³/mol. The number of hydrogen-bond donors (Lipinski definition) is 1. The van der Waals surface area contributed by atoms with Gasteiger partial charge in [0.05, 0.1) is 0 Å². The third-order valence-electron chi connectivity index (χ3n) is 4.31. The molecule has 2 saturated heterocycles. The number of likely N-dealkylation sites (tertiary alicyclic amines) is 1. The molecule has 2 aliphatic heterocycles. The fourth-order valence-corrected chi connectivity index (χ4v) is 3.28. The second-order valence-corrected chi connectivity index (χ2v) is 5.14. The van der Waals surface area contributed by atoms with Crippen LogP contribution in [0, 0.1) is 11.8 Å². The molecule has 82 valence electrons. The lowest BCUT2D eigenvalue weighted by atomic mass is 9.81. The predicted octanol–water partition coefficient (Wildman–Crippen LogP) is 1.72. The average Bonchev–Trinajstić information content (AvgIpc) is 2.65. The minimum absolute atomic E-state index is 0.873. The monoisotopic (exact) mass is 196 g/mol. The van der Waals surface area contributed by atoms with E-state index in [-0.39, 0.29) is 0 Å². The zero-order valence-corrected chi connectivity index (χ0v) is 9.63. The average molecular weight is 196 g/mol. The van der Waals surface area contributed by atoms with Gasteiger partial charge in [0.2, 0.25) is 0 Å². The van der Waals surface area contributed by atoms with Crippen molar-refractivity contribution >= 4 is 0 Å². The lowest BCUT2D eigenvalue weighted by molar-refractivity contribution is 0.158. The summed E-state index contributed by atoms with van der Waals surface area (Å²) in [7, 11) is 2.30. The van der Waals surface area contributed by atoms with Crippen molar-refractivity contribution in [2.75, 3.05) is 26.7 Å². The van der Waals surface area contributed by atoms with Gasteiger partial charge < -0.3 is 10.2 Å². The first kappa shape index (κ1) is 10.4. The molecule has 2 atom stereocenters. The third kappa shape index (κ3) is 2.12. The second-order valence-electron chi connectivity index (χ2n) is 5.14. The molecule has 0 spiro atoms.